The lowest BCUT2D eigenvalue weighted by molar-refractivity contribution is -0.156. The molecule has 0 saturated heterocycles. The van der Waals surface area contributed by atoms with Gasteiger partial charge in [-0.15, -0.1) is 0 Å². The van der Waals surface area contributed by atoms with Gasteiger partial charge in [0.05, 0.1) is 31.5 Å². The highest BCUT2D eigenvalue weighted by Crippen LogP contribution is 2.29. The smallest absolute Gasteiger partial charge is 0.337 e. The van der Waals surface area contributed by atoms with Gasteiger partial charge in [-0.1, -0.05) is 43.7 Å². The summed E-state index contributed by atoms with van der Waals surface area (Å²) in [6, 6.07) is 10.8. The standard InChI is InChI=1S/C28H38N4O7S/c1-2-3-15-39-28(36)26(34)25(20-9-11-21(29)12-10-20)30-27(35)23-14-13-22-16-31(17-24(33)32(22)23)40(37,38)18-19-7-5-4-6-8-19/h4-8,13-14,20-21,25-26,34H,2-3,9-12,15-18,29H2,1H3,(H,30,35). The number of benzene rings is 1. The molecule has 4 N–H and O–H groups in total. The molecule has 11 nitrogen and oxygen atoms in total. The fraction of sp³-hybridized carbons (Fsp3) is 0.536. The number of unbranched alkanes of at least 4 members (excludes halogenated alkanes) is 1. The predicted octanol–water partition coefficient (Wildman–Crippen LogP) is 1.79. The van der Waals surface area contributed by atoms with Crippen LogP contribution in [0.15, 0.2) is 42.5 Å². The van der Waals surface area contributed by atoms with E-state index in [4.69, 9.17) is 10.5 Å². The number of rotatable bonds is 11. The van der Waals surface area contributed by atoms with Crippen molar-refractivity contribution in [1.29, 1.82) is 0 Å². The molecule has 1 aliphatic heterocycles. The normalized spacial score (nSPS) is 21.3. The number of ether oxygens (including phenoxy) is 1. The van der Waals surface area contributed by atoms with Crippen LogP contribution in [-0.2, 0) is 31.9 Å². The highest BCUT2D eigenvalue weighted by atomic mass is 32.2. The number of aliphatic hydroxyl groups is 1. The number of aliphatic hydroxyl groups excluding tert-OH is 1. The number of nitrogens with zero attached hydrogens (tertiary/aromatic N) is 2. The van der Waals surface area contributed by atoms with Crippen molar-refractivity contribution in [3.05, 3.63) is 59.4 Å². The van der Waals surface area contributed by atoms with E-state index in [1.807, 2.05) is 6.92 Å². The number of fused-ring (bicyclic) bond motifs is 1. The summed E-state index contributed by atoms with van der Waals surface area (Å²) < 4.78 is 33.6. The van der Waals surface area contributed by atoms with Gasteiger partial charge in [-0.3, -0.25) is 14.2 Å². The van der Waals surface area contributed by atoms with Gasteiger partial charge < -0.3 is 20.9 Å². The van der Waals surface area contributed by atoms with E-state index in [0.717, 1.165) is 10.7 Å². The highest BCUT2D eigenvalue weighted by Gasteiger charge is 2.39. The molecular weight excluding hydrogens is 536 g/mol. The van der Waals surface area contributed by atoms with E-state index in [0.29, 0.717) is 43.4 Å². The van der Waals surface area contributed by atoms with Gasteiger partial charge in [0, 0.05) is 11.7 Å². The summed E-state index contributed by atoms with van der Waals surface area (Å²) in [5.41, 5.74) is 7.03. The van der Waals surface area contributed by atoms with Crippen molar-refractivity contribution < 1.29 is 32.6 Å². The minimum absolute atomic E-state index is 0.0177. The molecule has 1 amide bonds. The molecule has 2 unspecified atom stereocenters. The molecule has 1 aromatic carbocycles. The Hall–Kier alpha value is -3.06. The van der Waals surface area contributed by atoms with E-state index < -0.39 is 46.5 Å². The number of hydrogen-bond acceptors (Lipinski definition) is 8. The van der Waals surface area contributed by atoms with E-state index in [-0.39, 0.29) is 36.6 Å². The van der Waals surface area contributed by atoms with E-state index in [1.165, 1.54) is 10.6 Å². The zero-order valence-corrected chi connectivity index (χ0v) is 23.5. The van der Waals surface area contributed by atoms with Crippen LogP contribution in [0.25, 0.3) is 0 Å². The Balaban J connectivity index is 1.51. The van der Waals surface area contributed by atoms with Gasteiger partial charge >= 0.3 is 5.97 Å². The molecule has 1 saturated carbocycles. The Labute approximate surface area is 234 Å². The minimum Gasteiger partial charge on any atom is -0.464 e. The summed E-state index contributed by atoms with van der Waals surface area (Å²) >= 11 is 0. The van der Waals surface area contributed by atoms with Crippen molar-refractivity contribution in [2.75, 3.05) is 13.2 Å². The second-order valence-corrected chi connectivity index (χ2v) is 12.6. The van der Waals surface area contributed by atoms with Gasteiger partial charge in [0.2, 0.25) is 15.9 Å². The second kappa shape index (κ2) is 13.1. The van der Waals surface area contributed by atoms with Crippen molar-refractivity contribution in [1.82, 2.24) is 14.2 Å². The van der Waals surface area contributed by atoms with Gasteiger partial charge in [0.25, 0.3) is 5.91 Å². The first-order valence-electron chi connectivity index (χ1n) is 13.8. The van der Waals surface area contributed by atoms with Crippen LogP contribution in [0.2, 0.25) is 0 Å². The maximum absolute atomic E-state index is 13.4. The highest BCUT2D eigenvalue weighted by molar-refractivity contribution is 7.88. The molecule has 1 aliphatic carbocycles. The molecule has 2 aromatic rings. The lowest BCUT2D eigenvalue weighted by atomic mass is 9.80. The molecule has 2 atom stereocenters. The fourth-order valence-corrected chi connectivity index (χ4v) is 6.77. The molecule has 2 aliphatic rings. The van der Waals surface area contributed by atoms with Crippen LogP contribution in [0.3, 0.4) is 0 Å². The molecule has 1 fully saturated rings. The van der Waals surface area contributed by atoms with E-state index >= 15 is 0 Å². The average molecular weight is 575 g/mol. The second-order valence-electron chi connectivity index (χ2n) is 10.6. The molecule has 0 bridgehead atoms. The van der Waals surface area contributed by atoms with Gasteiger partial charge in [-0.25, -0.2) is 13.2 Å². The van der Waals surface area contributed by atoms with Gasteiger partial charge in [0.1, 0.15) is 5.69 Å². The monoisotopic (exact) mass is 574 g/mol. The molecule has 0 spiro atoms. The SMILES string of the molecule is CCCCOC(=O)C(O)C(NC(=O)c1ccc2n1C(=O)CN(S(=O)(=O)Cc1ccccc1)C2)C1CCC(N)CC1. The van der Waals surface area contributed by atoms with E-state index in [1.54, 1.807) is 36.4 Å². The van der Waals surface area contributed by atoms with Gasteiger partial charge in [-0.05, 0) is 55.7 Å². The van der Waals surface area contributed by atoms with Gasteiger partial charge in [0.15, 0.2) is 6.10 Å². The summed E-state index contributed by atoms with van der Waals surface area (Å²) in [5.74, 6) is -2.45. The molecule has 218 valence electrons. The number of esters is 1. The number of hydrogen-bond donors (Lipinski definition) is 3. The number of nitrogens with one attached hydrogen (secondary N) is 1. The van der Waals surface area contributed by atoms with Crippen LogP contribution < -0.4 is 11.1 Å². The fourth-order valence-electron chi connectivity index (χ4n) is 5.34. The average Bonchev–Trinajstić information content (AvgIpc) is 3.37. The maximum Gasteiger partial charge on any atom is 0.337 e. The van der Waals surface area contributed by atoms with Crippen LogP contribution in [-0.4, -0.2) is 71.5 Å². The summed E-state index contributed by atoms with van der Waals surface area (Å²) in [4.78, 5) is 39.2. The molecule has 4 rings (SSSR count). The number of carbonyl (C=O) groups is 3. The van der Waals surface area contributed by atoms with Gasteiger partial charge in [-0.2, -0.15) is 4.31 Å². The quantitative estimate of drug-likeness (QED) is 0.270. The third kappa shape index (κ3) is 6.98. The zero-order valence-electron chi connectivity index (χ0n) is 22.7. The topological polar surface area (TPSA) is 161 Å². The maximum atomic E-state index is 13.4. The summed E-state index contributed by atoms with van der Waals surface area (Å²) in [6.07, 6.45) is 2.52. The largest absolute Gasteiger partial charge is 0.464 e. The Morgan fingerprint density at radius 2 is 1.80 bits per heavy atom. The molecule has 2 heterocycles. The zero-order chi connectivity index (χ0) is 28.9. The summed E-state index contributed by atoms with van der Waals surface area (Å²) in [7, 11) is -3.79. The number of carbonyl (C=O) groups excluding carboxylic acids is 3. The first-order valence-corrected chi connectivity index (χ1v) is 15.4. The van der Waals surface area contributed by atoms with E-state index in [2.05, 4.69) is 5.32 Å². The minimum atomic E-state index is -3.79. The van der Waals surface area contributed by atoms with Crippen molar-refractivity contribution in [2.45, 2.75) is 75.9 Å². The molecule has 1 aromatic heterocycles. The van der Waals surface area contributed by atoms with Crippen LogP contribution in [0, 0.1) is 5.92 Å². The number of aromatic nitrogens is 1. The summed E-state index contributed by atoms with van der Waals surface area (Å²) in [6.45, 7) is 1.65. The van der Waals surface area contributed by atoms with Crippen LogP contribution in [0.5, 0.6) is 0 Å². The Morgan fingerprint density at radius 3 is 2.48 bits per heavy atom. The predicted molar refractivity (Wildman–Crippen MR) is 148 cm³/mol. The number of nitrogens with two attached hydrogens (primary N) is 1. The van der Waals surface area contributed by atoms with Crippen LogP contribution >= 0.6 is 0 Å². The Kier molecular flexibility index (Phi) is 9.77. The lowest BCUT2D eigenvalue weighted by Gasteiger charge is -2.35. The van der Waals surface area contributed by atoms with Crippen LogP contribution in [0.4, 0.5) is 0 Å². The third-order valence-electron chi connectivity index (χ3n) is 7.62. The van der Waals surface area contributed by atoms with E-state index in [9.17, 15) is 27.9 Å². The number of sulfonamides is 1. The van der Waals surface area contributed by atoms with Crippen molar-refractivity contribution in [2.24, 2.45) is 11.7 Å². The lowest BCUT2D eigenvalue weighted by Crippen LogP contribution is -2.53. The first kappa shape index (κ1) is 29.9. The Morgan fingerprint density at radius 1 is 1.10 bits per heavy atom. The first-order chi connectivity index (χ1) is 19.1. The van der Waals surface area contributed by atoms with Crippen molar-refractivity contribution in [3.8, 4) is 0 Å². The Bertz CT molecular complexity index is 1300. The van der Waals surface area contributed by atoms with Crippen LogP contribution in [0.1, 0.15) is 72.0 Å². The molecular formula is C28H38N4O7S. The molecule has 40 heavy (non-hydrogen) atoms. The number of amides is 1. The van der Waals surface area contributed by atoms with Crippen molar-refractivity contribution in [3.63, 3.8) is 0 Å². The molecule has 12 heteroatoms. The molecule has 0 radical (unpaired) electrons. The van der Waals surface area contributed by atoms with Crippen molar-refractivity contribution >= 4 is 27.8 Å². The third-order valence-corrected chi connectivity index (χ3v) is 9.37. The summed E-state index contributed by atoms with van der Waals surface area (Å²) in [5, 5.41) is 13.7.